The summed E-state index contributed by atoms with van der Waals surface area (Å²) in [5, 5.41) is 0. The first-order chi connectivity index (χ1) is 12.2. The topological polar surface area (TPSA) is 48.0 Å². The van der Waals surface area contributed by atoms with Gasteiger partial charge >= 0.3 is 6.09 Å². The molecule has 0 aliphatic carbocycles. The van der Waals surface area contributed by atoms with Crippen LogP contribution in [-0.4, -0.2) is 42.9 Å². The molecule has 1 aromatic carbocycles. The summed E-state index contributed by atoms with van der Waals surface area (Å²) in [6.07, 6.45) is 0.496. The van der Waals surface area contributed by atoms with Gasteiger partial charge in [-0.05, 0) is 51.5 Å². The highest BCUT2D eigenvalue weighted by Crippen LogP contribution is 2.26. The molecule has 1 heterocycles. The average Bonchev–Trinajstić information content (AvgIpc) is 3.05. The van der Waals surface area contributed by atoms with E-state index in [0.29, 0.717) is 18.8 Å². The Bertz CT molecular complexity index is 619. The fourth-order valence-corrected chi connectivity index (χ4v) is 2.57. The van der Waals surface area contributed by atoms with E-state index in [1.807, 2.05) is 59.7 Å². The van der Waals surface area contributed by atoms with Crippen LogP contribution < -0.4 is 4.74 Å². The smallest absolute Gasteiger partial charge is 0.410 e. The van der Waals surface area contributed by atoms with Crippen LogP contribution in [0.25, 0.3) is 5.76 Å². The molecule has 26 heavy (non-hydrogen) atoms. The number of carbonyl (C=O) groups is 1. The van der Waals surface area contributed by atoms with E-state index < -0.39 is 5.60 Å². The molecule has 1 amide bonds. The lowest BCUT2D eigenvalue weighted by atomic mass is 10.1. The van der Waals surface area contributed by atoms with Crippen LogP contribution in [0.5, 0.6) is 5.75 Å². The molecule has 0 N–H and O–H groups in total. The zero-order valence-corrected chi connectivity index (χ0v) is 17.2. The summed E-state index contributed by atoms with van der Waals surface area (Å²) in [6, 6.07) is 5.83. The molecule has 1 aromatic rings. The highest BCUT2D eigenvalue weighted by Gasteiger charge is 2.31. The molecule has 146 valence electrons. The molecule has 2 rings (SSSR count). The molecule has 0 saturated carbocycles. The van der Waals surface area contributed by atoms with Gasteiger partial charge in [0.1, 0.15) is 23.2 Å². The zero-order valence-electron chi connectivity index (χ0n) is 17.2. The van der Waals surface area contributed by atoms with E-state index in [1.165, 1.54) is 0 Å². The Morgan fingerprint density at radius 3 is 2.46 bits per heavy atom. The van der Waals surface area contributed by atoms with Gasteiger partial charge in [0.05, 0.1) is 13.7 Å². The third kappa shape index (κ3) is 6.28. The zero-order chi connectivity index (χ0) is 19.9. The van der Waals surface area contributed by atoms with Crippen molar-refractivity contribution < 1.29 is 19.0 Å². The number of ether oxygens (including phenoxy) is 3. The van der Waals surface area contributed by atoms with Crippen molar-refractivity contribution in [3.8, 4) is 5.75 Å². The summed E-state index contributed by atoms with van der Waals surface area (Å²) in [7, 11) is 1.60. The highest BCUT2D eigenvalue weighted by molar-refractivity contribution is 5.68. The number of aryl methyl sites for hydroxylation is 1. The van der Waals surface area contributed by atoms with Gasteiger partial charge in [0.15, 0.2) is 0 Å². The van der Waals surface area contributed by atoms with Gasteiger partial charge in [-0.25, -0.2) is 4.79 Å². The Labute approximate surface area is 157 Å². The predicted octanol–water partition coefficient (Wildman–Crippen LogP) is 5.03. The van der Waals surface area contributed by atoms with Crippen LogP contribution in [0, 0.1) is 6.92 Å². The molecule has 0 aromatic heterocycles. The van der Waals surface area contributed by atoms with Crippen LogP contribution in [0.15, 0.2) is 24.8 Å². The summed E-state index contributed by atoms with van der Waals surface area (Å²) in [5.41, 5.74) is 1.47. The number of rotatable bonds is 4. The van der Waals surface area contributed by atoms with Gasteiger partial charge in [-0.1, -0.05) is 20.4 Å². The third-order valence-electron chi connectivity index (χ3n) is 3.83. The summed E-state index contributed by atoms with van der Waals surface area (Å²) < 4.78 is 16.6. The van der Waals surface area contributed by atoms with Gasteiger partial charge in [0, 0.05) is 18.5 Å². The molecule has 1 atom stereocenters. The summed E-state index contributed by atoms with van der Waals surface area (Å²) in [6.45, 7) is 16.6. The second-order valence-corrected chi connectivity index (χ2v) is 7.06. The molecule has 0 spiro atoms. The summed E-state index contributed by atoms with van der Waals surface area (Å²) in [5.74, 6) is 1.44. The summed E-state index contributed by atoms with van der Waals surface area (Å²) >= 11 is 0. The van der Waals surface area contributed by atoms with Crippen LogP contribution in [0.2, 0.25) is 0 Å². The number of hydrogen-bond acceptors (Lipinski definition) is 4. The standard InChI is InChI=1S/C19H27NO4.C2H6/c1-13-11-15(14(2)22-6)7-8-17(13)23-16-9-10-20(12-16)18(21)24-19(3,4)5;1-2/h7-8,11,16H,2,9-10,12H2,1,3-6H3;1-2H3. The molecule has 1 saturated heterocycles. The number of hydrogen-bond donors (Lipinski definition) is 0. The Balaban J connectivity index is 0.00000163. The molecule has 0 radical (unpaired) electrons. The number of methoxy groups -OCH3 is 1. The fourth-order valence-electron chi connectivity index (χ4n) is 2.57. The van der Waals surface area contributed by atoms with Crippen molar-refractivity contribution >= 4 is 11.9 Å². The van der Waals surface area contributed by atoms with E-state index in [0.717, 1.165) is 23.3 Å². The number of benzene rings is 1. The monoisotopic (exact) mass is 363 g/mol. The lowest BCUT2D eigenvalue weighted by Crippen LogP contribution is -2.36. The Hall–Kier alpha value is -2.17. The van der Waals surface area contributed by atoms with Gasteiger partial charge in [-0.2, -0.15) is 0 Å². The maximum Gasteiger partial charge on any atom is 0.410 e. The lowest BCUT2D eigenvalue weighted by Gasteiger charge is -2.24. The molecule has 1 aliphatic rings. The maximum atomic E-state index is 12.1. The largest absolute Gasteiger partial charge is 0.497 e. The minimum Gasteiger partial charge on any atom is -0.497 e. The Morgan fingerprint density at radius 2 is 1.92 bits per heavy atom. The van der Waals surface area contributed by atoms with Crippen LogP contribution in [0.1, 0.15) is 52.2 Å². The van der Waals surface area contributed by atoms with Gasteiger partial charge in [-0.3, -0.25) is 0 Å². The normalized spacial score (nSPS) is 16.4. The van der Waals surface area contributed by atoms with Crippen LogP contribution in [0.3, 0.4) is 0 Å². The van der Waals surface area contributed by atoms with Crippen LogP contribution in [-0.2, 0) is 9.47 Å². The van der Waals surface area contributed by atoms with Gasteiger partial charge in [0.25, 0.3) is 0 Å². The second kappa shape index (κ2) is 9.51. The van der Waals surface area contributed by atoms with Crippen molar-refractivity contribution in [2.75, 3.05) is 20.2 Å². The van der Waals surface area contributed by atoms with Crippen molar-refractivity contribution in [1.82, 2.24) is 4.90 Å². The molecule has 5 heteroatoms. The maximum absolute atomic E-state index is 12.1. The van der Waals surface area contributed by atoms with Gasteiger partial charge in [0.2, 0.25) is 0 Å². The molecule has 1 fully saturated rings. The quantitative estimate of drug-likeness (QED) is 0.704. The Morgan fingerprint density at radius 1 is 1.27 bits per heavy atom. The van der Waals surface area contributed by atoms with Gasteiger partial charge in [-0.15, -0.1) is 0 Å². The van der Waals surface area contributed by atoms with Crippen LogP contribution >= 0.6 is 0 Å². The first kappa shape index (κ1) is 21.9. The molecular formula is C21H33NO4. The molecule has 5 nitrogen and oxygen atoms in total. The van der Waals surface area contributed by atoms with Crippen molar-refractivity contribution in [3.05, 3.63) is 35.9 Å². The first-order valence-corrected chi connectivity index (χ1v) is 9.18. The number of amides is 1. The fraction of sp³-hybridized carbons (Fsp3) is 0.571. The van der Waals surface area contributed by atoms with Crippen molar-refractivity contribution in [2.45, 2.75) is 59.7 Å². The molecule has 1 aliphatic heterocycles. The minimum absolute atomic E-state index is 0.0207. The van der Waals surface area contributed by atoms with E-state index in [4.69, 9.17) is 14.2 Å². The second-order valence-electron chi connectivity index (χ2n) is 7.06. The number of nitrogens with zero attached hydrogens (tertiary/aromatic N) is 1. The lowest BCUT2D eigenvalue weighted by molar-refractivity contribution is 0.0275. The number of carbonyl (C=O) groups excluding carboxylic acids is 1. The third-order valence-corrected chi connectivity index (χ3v) is 3.83. The molecule has 0 bridgehead atoms. The SMILES string of the molecule is C=C(OC)c1ccc(OC2CCN(C(=O)OC(C)(C)C)C2)c(C)c1.CC. The van der Waals surface area contributed by atoms with Crippen molar-refractivity contribution in [2.24, 2.45) is 0 Å². The summed E-state index contributed by atoms with van der Waals surface area (Å²) in [4.78, 5) is 13.8. The number of likely N-dealkylation sites (tertiary alicyclic amines) is 1. The van der Waals surface area contributed by atoms with E-state index in [2.05, 4.69) is 6.58 Å². The van der Waals surface area contributed by atoms with E-state index >= 15 is 0 Å². The van der Waals surface area contributed by atoms with Crippen molar-refractivity contribution in [3.63, 3.8) is 0 Å². The minimum atomic E-state index is -0.480. The van der Waals surface area contributed by atoms with E-state index in [9.17, 15) is 4.79 Å². The van der Waals surface area contributed by atoms with Crippen molar-refractivity contribution in [1.29, 1.82) is 0 Å². The molecular weight excluding hydrogens is 330 g/mol. The van der Waals surface area contributed by atoms with E-state index in [-0.39, 0.29) is 12.2 Å². The van der Waals surface area contributed by atoms with Crippen LogP contribution in [0.4, 0.5) is 4.79 Å². The molecule has 1 unspecified atom stereocenters. The highest BCUT2D eigenvalue weighted by atomic mass is 16.6. The van der Waals surface area contributed by atoms with E-state index in [1.54, 1.807) is 12.0 Å². The Kier molecular flexibility index (Phi) is 8.00. The van der Waals surface area contributed by atoms with Gasteiger partial charge < -0.3 is 19.1 Å². The first-order valence-electron chi connectivity index (χ1n) is 9.18. The predicted molar refractivity (Wildman–Crippen MR) is 105 cm³/mol. The average molecular weight is 363 g/mol.